The highest BCUT2D eigenvalue weighted by Gasteiger charge is 2.18. The lowest BCUT2D eigenvalue weighted by atomic mass is 10.1. The summed E-state index contributed by atoms with van der Waals surface area (Å²) in [7, 11) is 0. The van der Waals surface area contributed by atoms with Crippen molar-refractivity contribution in [1.82, 2.24) is 9.97 Å². The summed E-state index contributed by atoms with van der Waals surface area (Å²) in [6, 6.07) is 11.3. The van der Waals surface area contributed by atoms with Crippen LogP contribution in [0.25, 0.3) is 10.9 Å². The van der Waals surface area contributed by atoms with E-state index < -0.39 is 6.29 Å². The molecule has 0 saturated heterocycles. The highest BCUT2D eigenvalue weighted by atomic mass is 35.5. The first-order chi connectivity index (χ1) is 10.7. The zero-order valence-electron chi connectivity index (χ0n) is 11.7. The van der Waals surface area contributed by atoms with Crippen molar-refractivity contribution in [3.05, 3.63) is 59.0 Å². The smallest absolute Gasteiger partial charge is 0.194 e. The van der Waals surface area contributed by atoms with Crippen LogP contribution in [0, 0.1) is 0 Å². The number of halogens is 1. The minimum absolute atomic E-state index is 0.301. The lowest BCUT2D eigenvalue weighted by Crippen LogP contribution is -2.05. The van der Waals surface area contributed by atoms with Crippen LogP contribution in [0.1, 0.15) is 17.5 Å². The van der Waals surface area contributed by atoms with Crippen LogP contribution in [0.15, 0.2) is 42.6 Å². The second-order valence-electron chi connectivity index (χ2n) is 4.83. The van der Waals surface area contributed by atoms with Crippen LogP contribution in [-0.4, -0.2) is 26.8 Å². The molecule has 0 radical (unpaired) electrons. The minimum Gasteiger partial charge on any atom is -0.493 e. The van der Waals surface area contributed by atoms with Gasteiger partial charge in [0.2, 0.25) is 0 Å². The van der Waals surface area contributed by atoms with Gasteiger partial charge in [0.1, 0.15) is 5.75 Å². The van der Waals surface area contributed by atoms with E-state index in [1.165, 1.54) is 0 Å². The molecule has 1 aromatic carbocycles. The lowest BCUT2D eigenvalue weighted by molar-refractivity contribution is -0.0459. The van der Waals surface area contributed by atoms with Crippen molar-refractivity contribution in [3.8, 4) is 5.75 Å². The summed E-state index contributed by atoms with van der Waals surface area (Å²) in [5.41, 5.74) is 1.69. The standard InChI is InChI=1S/C16H15ClN2O3/c17-15-13-11(6-8-18-15)12(14(19-13)16(20)21)7-9-22-10-4-2-1-3-5-10/h1-6,8,16,19-21H,7,9H2. The van der Waals surface area contributed by atoms with Gasteiger partial charge in [-0.25, -0.2) is 4.98 Å². The summed E-state index contributed by atoms with van der Waals surface area (Å²) in [5.74, 6) is 0.771. The molecule has 0 aliphatic heterocycles. The predicted octanol–water partition coefficient (Wildman–Crippen LogP) is 2.82. The number of aromatic amines is 1. The Morgan fingerprint density at radius 2 is 1.95 bits per heavy atom. The molecule has 0 unspecified atom stereocenters. The molecule has 0 bridgehead atoms. The Balaban J connectivity index is 1.85. The number of H-pyrrole nitrogens is 1. The Hall–Kier alpha value is -2.08. The number of fused-ring (bicyclic) bond motifs is 1. The van der Waals surface area contributed by atoms with Crippen LogP contribution in [-0.2, 0) is 6.42 Å². The van der Waals surface area contributed by atoms with Crippen molar-refractivity contribution in [2.45, 2.75) is 12.7 Å². The molecule has 2 aromatic heterocycles. The third-order valence-corrected chi connectivity index (χ3v) is 3.72. The Kier molecular flexibility index (Phi) is 4.29. The van der Waals surface area contributed by atoms with E-state index in [4.69, 9.17) is 16.3 Å². The highest BCUT2D eigenvalue weighted by Crippen LogP contribution is 2.29. The first-order valence-electron chi connectivity index (χ1n) is 6.85. The minimum atomic E-state index is -1.60. The molecule has 6 heteroatoms. The van der Waals surface area contributed by atoms with Gasteiger partial charge in [-0.15, -0.1) is 0 Å². The van der Waals surface area contributed by atoms with Gasteiger partial charge in [-0.05, 0) is 23.8 Å². The zero-order valence-corrected chi connectivity index (χ0v) is 12.4. The van der Waals surface area contributed by atoms with Crippen LogP contribution < -0.4 is 4.74 Å². The Morgan fingerprint density at radius 1 is 1.18 bits per heavy atom. The second kappa shape index (κ2) is 6.36. The summed E-state index contributed by atoms with van der Waals surface area (Å²) < 4.78 is 5.67. The first-order valence-corrected chi connectivity index (χ1v) is 7.23. The molecule has 5 nitrogen and oxygen atoms in total. The van der Waals surface area contributed by atoms with Gasteiger partial charge < -0.3 is 19.9 Å². The Bertz CT molecular complexity index is 772. The molecule has 3 N–H and O–H groups in total. The van der Waals surface area contributed by atoms with Crippen molar-refractivity contribution in [1.29, 1.82) is 0 Å². The van der Waals surface area contributed by atoms with Gasteiger partial charge in [-0.3, -0.25) is 0 Å². The number of ether oxygens (including phenoxy) is 1. The molecule has 2 heterocycles. The third kappa shape index (κ3) is 2.92. The van der Waals surface area contributed by atoms with E-state index in [9.17, 15) is 10.2 Å². The van der Waals surface area contributed by atoms with Gasteiger partial charge in [0, 0.05) is 18.0 Å². The average Bonchev–Trinajstić information content (AvgIpc) is 2.89. The molecule has 0 fully saturated rings. The molecular weight excluding hydrogens is 304 g/mol. The summed E-state index contributed by atoms with van der Waals surface area (Å²) in [4.78, 5) is 6.92. The monoisotopic (exact) mass is 318 g/mol. The number of pyridine rings is 1. The maximum Gasteiger partial charge on any atom is 0.194 e. The van der Waals surface area contributed by atoms with Gasteiger partial charge in [0.25, 0.3) is 0 Å². The number of hydrogen-bond acceptors (Lipinski definition) is 4. The van der Waals surface area contributed by atoms with Gasteiger partial charge >= 0.3 is 0 Å². The molecule has 0 spiro atoms. The maximum atomic E-state index is 9.53. The number of aliphatic hydroxyl groups excluding tert-OH is 1. The van der Waals surface area contributed by atoms with Crippen LogP contribution >= 0.6 is 11.6 Å². The summed E-state index contributed by atoms with van der Waals surface area (Å²) in [6.07, 6.45) is 0.505. The van der Waals surface area contributed by atoms with E-state index in [1.54, 1.807) is 12.3 Å². The maximum absolute atomic E-state index is 9.53. The Morgan fingerprint density at radius 3 is 2.68 bits per heavy atom. The molecule has 0 amide bonds. The lowest BCUT2D eigenvalue weighted by Gasteiger charge is -2.08. The number of aromatic nitrogens is 2. The Labute approximate surface area is 132 Å². The van der Waals surface area contributed by atoms with E-state index in [0.717, 1.165) is 16.7 Å². The number of rotatable bonds is 5. The number of aliphatic hydroxyl groups is 2. The van der Waals surface area contributed by atoms with Crippen molar-refractivity contribution >= 4 is 22.5 Å². The van der Waals surface area contributed by atoms with Crippen molar-refractivity contribution < 1.29 is 14.9 Å². The van der Waals surface area contributed by atoms with Crippen LogP contribution in [0.2, 0.25) is 5.15 Å². The van der Waals surface area contributed by atoms with E-state index in [0.29, 0.717) is 29.4 Å². The quantitative estimate of drug-likeness (QED) is 0.499. The summed E-state index contributed by atoms with van der Waals surface area (Å²) >= 11 is 6.04. The van der Waals surface area contributed by atoms with Crippen molar-refractivity contribution in [2.24, 2.45) is 0 Å². The van der Waals surface area contributed by atoms with Crippen molar-refractivity contribution in [2.75, 3.05) is 6.61 Å². The third-order valence-electron chi connectivity index (χ3n) is 3.44. The van der Waals surface area contributed by atoms with Crippen molar-refractivity contribution in [3.63, 3.8) is 0 Å². The summed E-state index contributed by atoms with van der Waals surface area (Å²) in [5, 5.41) is 20.2. The molecule has 22 heavy (non-hydrogen) atoms. The van der Waals surface area contributed by atoms with E-state index >= 15 is 0 Å². The second-order valence-corrected chi connectivity index (χ2v) is 5.18. The molecule has 0 atom stereocenters. The molecule has 0 aliphatic rings. The first kappa shape index (κ1) is 14.8. The fraction of sp³-hybridized carbons (Fsp3) is 0.188. The fourth-order valence-electron chi connectivity index (χ4n) is 2.44. The predicted molar refractivity (Wildman–Crippen MR) is 83.9 cm³/mol. The topological polar surface area (TPSA) is 78.4 Å². The highest BCUT2D eigenvalue weighted by molar-refractivity contribution is 6.33. The molecule has 3 rings (SSSR count). The van der Waals surface area contributed by atoms with Crippen LogP contribution in [0.5, 0.6) is 5.75 Å². The zero-order chi connectivity index (χ0) is 15.5. The normalized spacial score (nSPS) is 11.3. The van der Waals surface area contributed by atoms with E-state index in [2.05, 4.69) is 9.97 Å². The van der Waals surface area contributed by atoms with E-state index in [-0.39, 0.29) is 0 Å². The molecule has 0 aliphatic carbocycles. The number of para-hydroxylation sites is 1. The number of benzene rings is 1. The summed E-state index contributed by atoms with van der Waals surface area (Å²) in [6.45, 7) is 0.413. The number of nitrogens with one attached hydrogen (secondary N) is 1. The van der Waals surface area contributed by atoms with Gasteiger partial charge in [0.05, 0.1) is 17.8 Å². The SMILES string of the molecule is OC(O)c1[nH]c2c(Cl)nccc2c1CCOc1ccccc1. The number of hydrogen-bond donors (Lipinski definition) is 3. The van der Waals surface area contributed by atoms with Crippen LogP contribution in [0.3, 0.4) is 0 Å². The van der Waals surface area contributed by atoms with E-state index in [1.807, 2.05) is 30.3 Å². The van der Waals surface area contributed by atoms with Gasteiger partial charge in [0.15, 0.2) is 11.4 Å². The molecule has 114 valence electrons. The van der Waals surface area contributed by atoms with Gasteiger partial charge in [-0.1, -0.05) is 29.8 Å². The van der Waals surface area contributed by atoms with Crippen LogP contribution in [0.4, 0.5) is 0 Å². The molecule has 3 aromatic rings. The van der Waals surface area contributed by atoms with Gasteiger partial charge in [-0.2, -0.15) is 0 Å². The number of nitrogens with zero attached hydrogens (tertiary/aromatic N) is 1. The molecule has 0 saturated carbocycles. The average molecular weight is 319 g/mol. The fourth-order valence-corrected chi connectivity index (χ4v) is 2.64. The largest absolute Gasteiger partial charge is 0.493 e. The molecular formula is C16H15ClN2O3.